The first-order chi connectivity index (χ1) is 21.9. The second-order valence-corrected chi connectivity index (χ2v) is 12.5. The number of nitrogens with one attached hydrogen (secondary N) is 3. The number of amides is 2. The maximum atomic E-state index is 13.7. The normalized spacial score (nSPS) is 12.3. The van der Waals surface area contributed by atoms with Crippen LogP contribution in [0.5, 0.6) is 0 Å². The Balaban J connectivity index is 1.22. The predicted molar refractivity (Wildman–Crippen MR) is 182 cm³/mol. The third kappa shape index (κ3) is 8.47. The van der Waals surface area contributed by atoms with E-state index in [1.54, 1.807) is 12.1 Å². The Bertz CT molecular complexity index is 1630. The van der Waals surface area contributed by atoms with Crippen molar-refractivity contribution in [2.45, 2.75) is 64.8 Å². The third-order valence-corrected chi connectivity index (χ3v) is 9.30. The Morgan fingerprint density at radius 2 is 1.51 bits per heavy atom. The van der Waals surface area contributed by atoms with Crippen LogP contribution in [0.3, 0.4) is 0 Å². The zero-order valence-corrected chi connectivity index (χ0v) is 26.9. The highest BCUT2D eigenvalue weighted by molar-refractivity contribution is 7.17. The van der Waals surface area contributed by atoms with Gasteiger partial charge in [-0.15, -0.1) is 11.3 Å². The molecule has 1 aliphatic carbocycles. The molecule has 0 radical (unpaired) electrons. The van der Waals surface area contributed by atoms with Crippen LogP contribution in [-0.4, -0.2) is 31.4 Å². The number of rotatable bonds is 13. The van der Waals surface area contributed by atoms with Crippen molar-refractivity contribution in [2.75, 3.05) is 24.3 Å². The molecule has 0 saturated carbocycles. The number of aryl methyl sites for hydroxylation is 3. The number of anilines is 2. The van der Waals surface area contributed by atoms with E-state index >= 15 is 0 Å². The molecular formula is C37H41N3O4S. The second-order valence-electron chi connectivity index (χ2n) is 11.4. The minimum Gasteiger partial charge on any atom is -0.465 e. The molecule has 7 nitrogen and oxygen atoms in total. The summed E-state index contributed by atoms with van der Waals surface area (Å²) in [5.74, 6) is -0.723. The quantitative estimate of drug-likeness (QED) is 0.105. The number of methoxy groups -OCH3 is 1. The lowest BCUT2D eigenvalue weighted by atomic mass is 9.95. The van der Waals surface area contributed by atoms with Crippen molar-refractivity contribution in [3.05, 3.63) is 117 Å². The predicted octanol–water partition coefficient (Wildman–Crippen LogP) is 7.59. The number of carbonyl (C=O) groups excluding carboxylic acids is 3. The third-order valence-electron chi connectivity index (χ3n) is 8.09. The van der Waals surface area contributed by atoms with Crippen molar-refractivity contribution in [3.63, 3.8) is 0 Å². The van der Waals surface area contributed by atoms with E-state index < -0.39 is 0 Å². The van der Waals surface area contributed by atoms with Gasteiger partial charge in [0.2, 0.25) is 0 Å². The van der Waals surface area contributed by atoms with E-state index in [1.165, 1.54) is 34.5 Å². The first kappa shape index (κ1) is 32.1. The minimum atomic E-state index is -0.328. The molecule has 0 saturated heterocycles. The van der Waals surface area contributed by atoms with E-state index in [0.29, 0.717) is 28.2 Å². The summed E-state index contributed by atoms with van der Waals surface area (Å²) in [4.78, 5) is 39.9. The topological polar surface area (TPSA) is 96.5 Å². The van der Waals surface area contributed by atoms with Crippen molar-refractivity contribution in [2.24, 2.45) is 0 Å². The summed E-state index contributed by atoms with van der Waals surface area (Å²) in [5, 5.41) is 10.2. The van der Waals surface area contributed by atoms with Crippen molar-refractivity contribution < 1.29 is 19.1 Å². The summed E-state index contributed by atoms with van der Waals surface area (Å²) in [6.07, 6.45) is 7.71. The van der Waals surface area contributed by atoms with E-state index in [-0.39, 0.29) is 17.8 Å². The Labute approximate surface area is 269 Å². The van der Waals surface area contributed by atoms with E-state index in [2.05, 4.69) is 22.9 Å². The standard InChI is InChI=1S/C37H41N3O4S/c1-3-22-38-24-27-10-7-11-29(23-27)34(41)40-36-33(31-12-4-5-13-32(31)45-36)35(42)39-30-20-16-26(17-21-30)9-6-8-25-14-18-28(19-15-25)37(43)44-2/h7,10-11,14-21,23,38H,3-6,8-9,12-13,22,24H2,1-2H3,(H,39,42)(H,40,41). The highest BCUT2D eigenvalue weighted by Gasteiger charge is 2.27. The summed E-state index contributed by atoms with van der Waals surface area (Å²) in [6, 6.07) is 23.1. The number of fused-ring (bicyclic) bond motifs is 1. The zero-order chi connectivity index (χ0) is 31.6. The molecule has 1 aliphatic rings. The molecule has 0 aliphatic heterocycles. The lowest BCUT2D eigenvalue weighted by molar-refractivity contribution is 0.0600. The number of hydrogen-bond donors (Lipinski definition) is 3. The lowest BCUT2D eigenvalue weighted by Gasteiger charge is -2.14. The Morgan fingerprint density at radius 1 is 0.800 bits per heavy atom. The molecule has 4 aromatic rings. The van der Waals surface area contributed by atoms with Crippen LogP contribution in [0, 0.1) is 0 Å². The van der Waals surface area contributed by atoms with Crippen LogP contribution >= 0.6 is 11.3 Å². The number of ether oxygens (including phenoxy) is 1. The van der Waals surface area contributed by atoms with Crippen molar-refractivity contribution in [1.29, 1.82) is 0 Å². The molecule has 0 unspecified atom stereocenters. The van der Waals surface area contributed by atoms with Crippen LogP contribution < -0.4 is 16.0 Å². The van der Waals surface area contributed by atoms with Crippen LogP contribution in [0.4, 0.5) is 10.7 Å². The molecular weight excluding hydrogens is 582 g/mol. The second kappa shape index (κ2) is 15.6. The van der Waals surface area contributed by atoms with Gasteiger partial charge in [0, 0.05) is 22.7 Å². The molecule has 8 heteroatoms. The highest BCUT2D eigenvalue weighted by atomic mass is 32.1. The van der Waals surface area contributed by atoms with Crippen LogP contribution in [0.2, 0.25) is 0 Å². The molecule has 3 N–H and O–H groups in total. The molecule has 0 atom stereocenters. The smallest absolute Gasteiger partial charge is 0.337 e. The van der Waals surface area contributed by atoms with Gasteiger partial charge in [0.05, 0.1) is 18.2 Å². The average Bonchev–Trinajstić information content (AvgIpc) is 3.43. The average molecular weight is 624 g/mol. The molecule has 3 aromatic carbocycles. The van der Waals surface area contributed by atoms with Crippen LogP contribution in [-0.2, 0) is 37.0 Å². The van der Waals surface area contributed by atoms with E-state index in [1.807, 2.05) is 60.7 Å². The molecule has 234 valence electrons. The van der Waals surface area contributed by atoms with E-state index in [9.17, 15) is 14.4 Å². The van der Waals surface area contributed by atoms with Crippen LogP contribution in [0.15, 0.2) is 72.8 Å². The number of hydrogen-bond acceptors (Lipinski definition) is 6. The molecule has 0 fully saturated rings. The maximum Gasteiger partial charge on any atom is 0.337 e. The van der Waals surface area contributed by atoms with Gasteiger partial charge in [0.15, 0.2) is 0 Å². The van der Waals surface area contributed by atoms with Gasteiger partial charge in [-0.05, 0) is 117 Å². The van der Waals surface area contributed by atoms with Gasteiger partial charge in [-0.3, -0.25) is 9.59 Å². The number of esters is 1. The zero-order valence-electron chi connectivity index (χ0n) is 26.0. The highest BCUT2D eigenvalue weighted by Crippen LogP contribution is 2.39. The Morgan fingerprint density at radius 3 is 2.22 bits per heavy atom. The molecule has 45 heavy (non-hydrogen) atoms. The molecule has 0 bridgehead atoms. The Hall–Kier alpha value is -4.27. The van der Waals surface area contributed by atoms with Crippen molar-refractivity contribution in [1.82, 2.24) is 5.32 Å². The summed E-state index contributed by atoms with van der Waals surface area (Å²) in [7, 11) is 1.38. The lowest BCUT2D eigenvalue weighted by Crippen LogP contribution is -2.19. The maximum absolute atomic E-state index is 13.7. The first-order valence-electron chi connectivity index (χ1n) is 15.8. The largest absolute Gasteiger partial charge is 0.465 e. The van der Waals surface area contributed by atoms with Gasteiger partial charge in [0.25, 0.3) is 11.8 Å². The van der Waals surface area contributed by atoms with Gasteiger partial charge in [-0.25, -0.2) is 4.79 Å². The van der Waals surface area contributed by atoms with Gasteiger partial charge < -0.3 is 20.7 Å². The molecule has 2 amide bonds. The number of thiophene rings is 1. The monoisotopic (exact) mass is 623 g/mol. The SMILES string of the molecule is CCCNCc1cccc(C(=O)Nc2sc3c(c2C(=O)Nc2ccc(CCCc4ccc(C(=O)OC)cc4)cc2)CCCC3)c1. The van der Waals surface area contributed by atoms with Gasteiger partial charge in [-0.1, -0.05) is 43.3 Å². The summed E-state index contributed by atoms with van der Waals surface area (Å²) in [5.41, 5.74) is 6.92. The van der Waals surface area contributed by atoms with E-state index in [4.69, 9.17) is 4.74 Å². The molecule has 5 rings (SSSR count). The fraction of sp³-hybridized carbons (Fsp3) is 0.324. The summed E-state index contributed by atoms with van der Waals surface area (Å²) in [6.45, 7) is 3.76. The summed E-state index contributed by atoms with van der Waals surface area (Å²) < 4.78 is 4.76. The molecule has 1 aromatic heterocycles. The van der Waals surface area contributed by atoms with Crippen molar-refractivity contribution in [3.8, 4) is 0 Å². The van der Waals surface area contributed by atoms with Gasteiger partial charge in [-0.2, -0.15) is 0 Å². The summed E-state index contributed by atoms with van der Waals surface area (Å²) >= 11 is 1.53. The van der Waals surface area contributed by atoms with Gasteiger partial charge >= 0.3 is 5.97 Å². The van der Waals surface area contributed by atoms with Gasteiger partial charge in [0.1, 0.15) is 5.00 Å². The number of benzene rings is 3. The fourth-order valence-electron chi connectivity index (χ4n) is 5.67. The molecule has 0 spiro atoms. The fourth-order valence-corrected chi connectivity index (χ4v) is 6.95. The van der Waals surface area contributed by atoms with E-state index in [0.717, 1.165) is 74.7 Å². The van der Waals surface area contributed by atoms with Crippen molar-refractivity contribution >= 4 is 39.8 Å². The minimum absolute atomic E-state index is 0.189. The Kier molecular flexibility index (Phi) is 11.2. The number of carbonyl (C=O) groups is 3. The van der Waals surface area contributed by atoms with Crippen LogP contribution in [0.25, 0.3) is 0 Å². The van der Waals surface area contributed by atoms with Crippen LogP contribution in [0.1, 0.15) is 90.8 Å². The first-order valence-corrected chi connectivity index (χ1v) is 16.6. The molecule has 1 heterocycles.